The lowest BCUT2D eigenvalue weighted by Gasteiger charge is -2.49. The monoisotopic (exact) mass is 549 g/mol. The number of hydrogen-bond acceptors (Lipinski definition) is 3. The van der Waals surface area contributed by atoms with Crippen LogP contribution in [-0.4, -0.2) is 36.0 Å². The Morgan fingerprint density at radius 2 is 1.17 bits per heavy atom. The van der Waals surface area contributed by atoms with Crippen molar-refractivity contribution in [2.24, 2.45) is 5.41 Å². The molecule has 208 valence electrons. The van der Waals surface area contributed by atoms with Crippen molar-refractivity contribution >= 4 is 5.69 Å². The molecule has 36 heavy (non-hydrogen) atoms. The minimum atomic E-state index is -6.59. The molecule has 0 amide bonds. The summed E-state index contributed by atoms with van der Waals surface area (Å²) in [5.74, 6) is 0. The van der Waals surface area contributed by atoms with Crippen LogP contribution in [0.1, 0.15) is 58.2 Å². The van der Waals surface area contributed by atoms with Gasteiger partial charge in [0.1, 0.15) is 6.23 Å². The van der Waals surface area contributed by atoms with Gasteiger partial charge in [-0.2, -0.15) is 52.7 Å². The van der Waals surface area contributed by atoms with Crippen LogP contribution in [0.4, 0.5) is 58.4 Å². The van der Waals surface area contributed by atoms with Crippen molar-refractivity contribution in [3.05, 3.63) is 28.8 Å². The van der Waals surface area contributed by atoms with E-state index in [2.05, 4.69) is 4.74 Å². The van der Waals surface area contributed by atoms with Crippen LogP contribution in [0.15, 0.2) is 12.1 Å². The molecule has 2 N–H and O–H groups in total. The number of hydrogen-bond donors (Lipinski definition) is 2. The minimum absolute atomic E-state index is 0.107. The highest BCUT2D eigenvalue weighted by atomic mass is 19.4. The van der Waals surface area contributed by atoms with Crippen LogP contribution < -0.4 is 5.32 Å². The lowest BCUT2D eigenvalue weighted by molar-refractivity contribution is -0.404. The number of alkyl halides is 12. The fourth-order valence-corrected chi connectivity index (χ4v) is 3.65. The molecule has 0 radical (unpaired) electrons. The second-order valence-electron chi connectivity index (χ2n) is 10.6. The first kappa shape index (κ1) is 30.3. The number of benzene rings is 1. The number of aliphatic hydroxyl groups is 1. The summed E-state index contributed by atoms with van der Waals surface area (Å²) in [6, 6.07) is 0.300. The van der Waals surface area contributed by atoms with Gasteiger partial charge in [0.2, 0.25) is 0 Å². The normalized spacial score (nSPS) is 20.1. The van der Waals surface area contributed by atoms with Crippen LogP contribution in [0.5, 0.6) is 0 Å². The summed E-state index contributed by atoms with van der Waals surface area (Å²) in [6.45, 7) is 6.56. The molecule has 1 aliphatic heterocycles. The topological polar surface area (TPSA) is 41.5 Å². The van der Waals surface area contributed by atoms with Crippen molar-refractivity contribution < 1.29 is 62.5 Å². The minimum Gasteiger partial charge on any atom is -0.369 e. The summed E-state index contributed by atoms with van der Waals surface area (Å²) < 4.78 is 173. The van der Waals surface area contributed by atoms with Gasteiger partial charge in [-0.3, -0.25) is 0 Å². The van der Waals surface area contributed by atoms with Crippen molar-refractivity contribution in [2.75, 3.05) is 5.32 Å². The Morgan fingerprint density at radius 3 is 1.47 bits per heavy atom. The van der Waals surface area contributed by atoms with Gasteiger partial charge in [0.15, 0.2) is 0 Å². The molecule has 0 aromatic heterocycles. The van der Waals surface area contributed by atoms with E-state index in [0.29, 0.717) is 0 Å². The number of anilines is 1. The van der Waals surface area contributed by atoms with Crippen molar-refractivity contribution in [1.82, 2.24) is 0 Å². The van der Waals surface area contributed by atoms with Gasteiger partial charge in [0.05, 0.1) is 0 Å². The van der Waals surface area contributed by atoms with E-state index in [1.807, 2.05) is 5.32 Å². The van der Waals surface area contributed by atoms with Crippen molar-refractivity contribution in [1.29, 1.82) is 0 Å². The van der Waals surface area contributed by atoms with Crippen molar-refractivity contribution in [2.45, 2.75) is 89.1 Å². The molecule has 0 spiro atoms. The third-order valence-corrected chi connectivity index (χ3v) is 5.75. The summed E-state index contributed by atoms with van der Waals surface area (Å²) in [5, 5.41) is 11.9. The number of ether oxygens (including phenoxy) is 1. The third-order valence-electron chi connectivity index (χ3n) is 5.75. The van der Waals surface area contributed by atoms with Gasteiger partial charge in [-0.15, -0.1) is 0 Å². The Labute approximate surface area is 197 Å². The number of rotatable bonds is 1. The summed E-state index contributed by atoms with van der Waals surface area (Å²) in [7, 11) is 0. The first-order valence-electron chi connectivity index (χ1n) is 10.2. The SMILES string of the molecule is CC(C)(C)c1cc(C(O)(C(F)(F)F)C(F)(F)F)c2c(c1)C(C(F)(F)F)(C(F)(F)F)OC(C(C)(C)C)N2. The average molecular weight is 549 g/mol. The summed E-state index contributed by atoms with van der Waals surface area (Å²) in [4.78, 5) is 0. The van der Waals surface area contributed by atoms with Gasteiger partial charge in [0, 0.05) is 22.2 Å². The molecule has 0 saturated carbocycles. The Morgan fingerprint density at radius 1 is 0.750 bits per heavy atom. The zero-order valence-corrected chi connectivity index (χ0v) is 19.6. The molecule has 1 aromatic carbocycles. The van der Waals surface area contributed by atoms with Crippen molar-refractivity contribution in [3.8, 4) is 0 Å². The predicted octanol–water partition coefficient (Wildman–Crippen LogP) is 7.43. The van der Waals surface area contributed by atoms with Gasteiger partial charge in [0.25, 0.3) is 11.2 Å². The maximum atomic E-state index is 14.3. The fourth-order valence-electron chi connectivity index (χ4n) is 3.65. The quantitative estimate of drug-likeness (QED) is 0.358. The highest BCUT2D eigenvalue weighted by Gasteiger charge is 2.78. The molecule has 0 bridgehead atoms. The molecule has 0 fully saturated rings. The zero-order chi connectivity index (χ0) is 28.7. The Kier molecular flexibility index (Phi) is 6.78. The zero-order valence-electron chi connectivity index (χ0n) is 19.6. The molecular weight excluding hydrogens is 526 g/mol. The fraction of sp³-hybridized carbons (Fsp3) is 0.714. The number of nitrogens with one attached hydrogen (secondary N) is 1. The third kappa shape index (κ3) is 4.50. The van der Waals surface area contributed by atoms with E-state index in [0.717, 1.165) is 41.5 Å². The molecule has 1 heterocycles. The van der Waals surface area contributed by atoms with Crippen molar-refractivity contribution in [3.63, 3.8) is 0 Å². The first-order valence-corrected chi connectivity index (χ1v) is 10.2. The van der Waals surface area contributed by atoms with E-state index >= 15 is 0 Å². The lowest BCUT2D eigenvalue weighted by atomic mass is 9.75. The van der Waals surface area contributed by atoms with E-state index in [1.165, 1.54) is 0 Å². The summed E-state index contributed by atoms with van der Waals surface area (Å²) >= 11 is 0. The lowest BCUT2D eigenvalue weighted by Crippen LogP contribution is -2.63. The highest BCUT2D eigenvalue weighted by Crippen LogP contribution is 2.62. The first-order chi connectivity index (χ1) is 15.5. The van der Waals surface area contributed by atoms with E-state index in [-0.39, 0.29) is 12.1 Å². The van der Waals surface area contributed by atoms with Crippen LogP contribution in [0.3, 0.4) is 0 Å². The van der Waals surface area contributed by atoms with Gasteiger partial charge < -0.3 is 15.2 Å². The van der Waals surface area contributed by atoms with Gasteiger partial charge >= 0.3 is 24.7 Å². The highest BCUT2D eigenvalue weighted by molar-refractivity contribution is 5.67. The van der Waals surface area contributed by atoms with Crippen LogP contribution in [0, 0.1) is 5.41 Å². The van der Waals surface area contributed by atoms with Gasteiger partial charge in [-0.25, -0.2) is 0 Å². The molecule has 1 unspecified atom stereocenters. The Hall–Kier alpha value is -1.90. The van der Waals surface area contributed by atoms with E-state index in [4.69, 9.17) is 0 Å². The second-order valence-corrected chi connectivity index (χ2v) is 10.6. The second kappa shape index (κ2) is 8.05. The molecule has 3 nitrogen and oxygen atoms in total. The molecule has 15 heteroatoms. The van der Waals surface area contributed by atoms with E-state index < -0.39 is 75.3 Å². The predicted molar refractivity (Wildman–Crippen MR) is 103 cm³/mol. The van der Waals surface area contributed by atoms with Gasteiger partial charge in [-0.1, -0.05) is 41.5 Å². The molecule has 1 aliphatic rings. The standard InChI is InChI=1S/C21H23F12NO2/c1-14(2,3)9-7-10(16(35,18(22,23)24)19(25,26)27)12-11(8-9)17(20(28,29)30,21(31,32)33)36-13(34-12)15(4,5)6/h7-8,13,34-35H,1-6H3. The maximum Gasteiger partial charge on any atom is 0.431 e. The van der Waals surface area contributed by atoms with E-state index in [9.17, 15) is 57.8 Å². The van der Waals surface area contributed by atoms with Gasteiger partial charge in [-0.05, 0) is 23.1 Å². The maximum absolute atomic E-state index is 14.3. The molecule has 1 atom stereocenters. The van der Waals surface area contributed by atoms with Crippen LogP contribution >= 0.6 is 0 Å². The van der Waals surface area contributed by atoms with Crippen LogP contribution in [-0.2, 0) is 21.4 Å². The molecule has 0 aliphatic carbocycles. The Balaban J connectivity index is 3.31. The molecule has 0 saturated heterocycles. The summed E-state index contributed by atoms with van der Waals surface area (Å²) in [5.41, 5.74) is -21.4. The largest absolute Gasteiger partial charge is 0.431 e. The molecular formula is C21H23F12NO2. The van der Waals surface area contributed by atoms with Crippen LogP contribution in [0.2, 0.25) is 0 Å². The number of halogens is 12. The van der Waals surface area contributed by atoms with E-state index in [1.54, 1.807) is 0 Å². The summed E-state index contributed by atoms with van der Waals surface area (Å²) in [6.07, 6.45) is -28.4. The average Bonchev–Trinajstić information content (AvgIpc) is 2.60. The Bertz CT molecular complexity index is 946. The molecule has 2 rings (SSSR count). The number of fused-ring (bicyclic) bond motifs is 1. The molecule has 1 aromatic rings. The van der Waals surface area contributed by atoms with Crippen LogP contribution in [0.25, 0.3) is 0 Å². The smallest absolute Gasteiger partial charge is 0.369 e.